The van der Waals surface area contributed by atoms with Crippen molar-refractivity contribution in [1.82, 2.24) is 10.6 Å². The Hall–Kier alpha value is -3.35. The van der Waals surface area contributed by atoms with E-state index in [-0.39, 0.29) is 30.9 Å². The summed E-state index contributed by atoms with van der Waals surface area (Å²) in [6.45, 7) is -0.0739. The first kappa shape index (κ1) is 20.9. The minimum absolute atomic E-state index is 0.0658. The number of carbonyl (C=O) groups is 3. The molecule has 2 amide bonds. The first-order chi connectivity index (χ1) is 15.0. The number of hydrogen-bond acceptors (Lipinski definition) is 4. The standard InChI is InChI=1S/C24H26N2O5/c27-22(15-7-1-2-8-15)25-13-21(23(28)29)26-24(30)31-14-20-18-11-5-3-9-16(18)17-10-4-6-12-19(17)20/h3-6,9-12,15,20-21H,1-2,7-8,13-14H2,(H,25,27)(H,26,30)(H,28,29). The highest BCUT2D eigenvalue weighted by Crippen LogP contribution is 2.44. The molecule has 2 aliphatic carbocycles. The van der Waals surface area contributed by atoms with Crippen LogP contribution in [0.4, 0.5) is 4.79 Å². The van der Waals surface area contributed by atoms with Crippen LogP contribution in [0.3, 0.4) is 0 Å². The van der Waals surface area contributed by atoms with Crippen molar-refractivity contribution in [3.05, 3.63) is 59.7 Å². The van der Waals surface area contributed by atoms with Crippen molar-refractivity contribution < 1.29 is 24.2 Å². The van der Waals surface area contributed by atoms with Crippen molar-refractivity contribution in [3.8, 4) is 11.1 Å². The summed E-state index contributed by atoms with van der Waals surface area (Å²) in [6, 6.07) is 14.7. The summed E-state index contributed by atoms with van der Waals surface area (Å²) in [7, 11) is 0. The van der Waals surface area contributed by atoms with Crippen molar-refractivity contribution in [1.29, 1.82) is 0 Å². The van der Waals surface area contributed by atoms with Gasteiger partial charge in [0.15, 0.2) is 0 Å². The summed E-state index contributed by atoms with van der Waals surface area (Å²) in [5.41, 5.74) is 4.39. The summed E-state index contributed by atoms with van der Waals surface area (Å²) in [4.78, 5) is 36.0. The van der Waals surface area contributed by atoms with Crippen LogP contribution in [0, 0.1) is 5.92 Å². The molecule has 4 rings (SSSR count). The van der Waals surface area contributed by atoms with Gasteiger partial charge in [0.05, 0.1) is 0 Å². The van der Waals surface area contributed by atoms with Crippen molar-refractivity contribution >= 4 is 18.0 Å². The van der Waals surface area contributed by atoms with E-state index in [2.05, 4.69) is 10.6 Å². The first-order valence-corrected chi connectivity index (χ1v) is 10.7. The van der Waals surface area contributed by atoms with Gasteiger partial charge in [0, 0.05) is 18.4 Å². The third-order valence-electron chi connectivity index (χ3n) is 6.14. The van der Waals surface area contributed by atoms with Crippen molar-refractivity contribution in [2.45, 2.75) is 37.6 Å². The van der Waals surface area contributed by atoms with Gasteiger partial charge in [0.1, 0.15) is 12.6 Å². The third-order valence-corrected chi connectivity index (χ3v) is 6.14. The molecule has 2 aromatic rings. The number of rotatable bonds is 7. The van der Waals surface area contributed by atoms with Gasteiger partial charge in [0.2, 0.25) is 5.91 Å². The van der Waals surface area contributed by atoms with Gasteiger partial charge in [-0.25, -0.2) is 9.59 Å². The molecule has 0 bridgehead atoms. The highest BCUT2D eigenvalue weighted by atomic mass is 16.5. The fourth-order valence-electron chi connectivity index (χ4n) is 4.52. The molecule has 0 radical (unpaired) electrons. The summed E-state index contributed by atoms with van der Waals surface area (Å²) in [6.07, 6.45) is 2.85. The predicted molar refractivity (Wildman–Crippen MR) is 115 cm³/mol. The molecule has 0 spiro atoms. The number of alkyl carbamates (subject to hydrolysis) is 1. The molecule has 162 valence electrons. The van der Waals surface area contributed by atoms with Gasteiger partial charge in [-0.1, -0.05) is 61.4 Å². The Labute approximate surface area is 180 Å². The third kappa shape index (κ3) is 4.55. The number of fused-ring (bicyclic) bond motifs is 3. The lowest BCUT2D eigenvalue weighted by atomic mass is 9.98. The number of ether oxygens (including phenoxy) is 1. The van der Waals surface area contributed by atoms with Gasteiger partial charge < -0.3 is 20.5 Å². The second-order valence-corrected chi connectivity index (χ2v) is 8.09. The minimum Gasteiger partial charge on any atom is -0.480 e. The van der Waals surface area contributed by atoms with Crippen molar-refractivity contribution in [2.75, 3.05) is 13.2 Å². The van der Waals surface area contributed by atoms with Crippen LogP contribution >= 0.6 is 0 Å². The molecule has 2 aliphatic rings. The zero-order chi connectivity index (χ0) is 21.8. The number of carbonyl (C=O) groups excluding carboxylic acids is 2. The van der Waals surface area contributed by atoms with Gasteiger partial charge in [-0.3, -0.25) is 4.79 Å². The molecular weight excluding hydrogens is 396 g/mol. The van der Waals surface area contributed by atoms with E-state index in [1.54, 1.807) is 0 Å². The Bertz CT molecular complexity index is 938. The number of aliphatic carboxylic acids is 1. The minimum atomic E-state index is -1.25. The molecule has 0 aliphatic heterocycles. The first-order valence-electron chi connectivity index (χ1n) is 10.7. The summed E-state index contributed by atoms with van der Waals surface area (Å²) >= 11 is 0. The molecule has 1 unspecified atom stereocenters. The maximum Gasteiger partial charge on any atom is 0.407 e. The maximum absolute atomic E-state index is 12.3. The zero-order valence-corrected chi connectivity index (χ0v) is 17.2. The van der Waals surface area contributed by atoms with Crippen LogP contribution in [0.1, 0.15) is 42.7 Å². The maximum atomic E-state index is 12.3. The number of benzene rings is 2. The molecule has 31 heavy (non-hydrogen) atoms. The predicted octanol–water partition coefficient (Wildman–Crippen LogP) is 3.28. The van der Waals surface area contributed by atoms with E-state index in [1.807, 2.05) is 48.5 Å². The van der Waals surface area contributed by atoms with Gasteiger partial charge >= 0.3 is 12.1 Å². The SMILES string of the molecule is O=C(NC(CNC(=O)C1CCCC1)C(=O)O)OCC1c2ccccc2-c2ccccc21. The Morgan fingerprint density at radius 1 is 0.968 bits per heavy atom. The Kier molecular flexibility index (Phi) is 6.21. The quantitative estimate of drug-likeness (QED) is 0.635. The fourth-order valence-corrected chi connectivity index (χ4v) is 4.52. The van der Waals surface area contributed by atoms with E-state index in [1.165, 1.54) is 0 Å². The van der Waals surface area contributed by atoms with Crippen LogP contribution in [-0.4, -0.2) is 42.3 Å². The van der Waals surface area contributed by atoms with Crippen molar-refractivity contribution in [3.63, 3.8) is 0 Å². The van der Waals surface area contributed by atoms with Gasteiger partial charge in [0.25, 0.3) is 0 Å². The molecule has 1 atom stereocenters. The van der Waals surface area contributed by atoms with Crippen LogP contribution in [0.15, 0.2) is 48.5 Å². The highest BCUT2D eigenvalue weighted by molar-refractivity contribution is 5.83. The van der Waals surface area contributed by atoms with E-state index < -0.39 is 18.1 Å². The monoisotopic (exact) mass is 422 g/mol. The molecule has 0 aromatic heterocycles. The number of hydrogen-bond donors (Lipinski definition) is 3. The molecule has 1 fully saturated rings. The lowest BCUT2D eigenvalue weighted by molar-refractivity contribution is -0.139. The van der Waals surface area contributed by atoms with Crippen LogP contribution < -0.4 is 10.6 Å². The molecule has 0 heterocycles. The highest BCUT2D eigenvalue weighted by Gasteiger charge is 2.30. The molecule has 1 saturated carbocycles. The van der Waals surface area contributed by atoms with E-state index in [9.17, 15) is 19.5 Å². The van der Waals surface area contributed by atoms with E-state index in [4.69, 9.17) is 4.74 Å². The smallest absolute Gasteiger partial charge is 0.407 e. The summed E-state index contributed by atoms with van der Waals surface area (Å²) < 4.78 is 5.40. The Morgan fingerprint density at radius 3 is 2.13 bits per heavy atom. The van der Waals surface area contributed by atoms with Crippen LogP contribution in [-0.2, 0) is 14.3 Å². The normalized spacial score (nSPS) is 16.3. The van der Waals surface area contributed by atoms with Crippen LogP contribution in [0.2, 0.25) is 0 Å². The van der Waals surface area contributed by atoms with E-state index in [0.717, 1.165) is 47.9 Å². The number of amides is 2. The average Bonchev–Trinajstić information content (AvgIpc) is 3.42. The van der Waals surface area contributed by atoms with Gasteiger partial charge in [-0.2, -0.15) is 0 Å². The van der Waals surface area contributed by atoms with E-state index in [0.29, 0.717) is 0 Å². The number of carboxylic acids is 1. The number of carboxylic acid groups (broad SMARTS) is 1. The number of nitrogens with one attached hydrogen (secondary N) is 2. The van der Waals surface area contributed by atoms with Crippen LogP contribution in [0.5, 0.6) is 0 Å². The van der Waals surface area contributed by atoms with Gasteiger partial charge in [-0.05, 0) is 35.1 Å². The average molecular weight is 422 g/mol. The molecular formula is C24H26N2O5. The molecule has 7 heteroatoms. The summed E-state index contributed by atoms with van der Waals surface area (Å²) in [5, 5.41) is 14.4. The zero-order valence-electron chi connectivity index (χ0n) is 17.2. The molecule has 7 nitrogen and oxygen atoms in total. The fraction of sp³-hybridized carbons (Fsp3) is 0.375. The van der Waals surface area contributed by atoms with Crippen LogP contribution in [0.25, 0.3) is 11.1 Å². The molecule has 0 saturated heterocycles. The Balaban J connectivity index is 1.34. The molecule has 2 aromatic carbocycles. The lowest BCUT2D eigenvalue weighted by Crippen LogP contribution is -2.49. The van der Waals surface area contributed by atoms with E-state index >= 15 is 0 Å². The molecule has 3 N–H and O–H groups in total. The topological polar surface area (TPSA) is 105 Å². The second-order valence-electron chi connectivity index (χ2n) is 8.09. The Morgan fingerprint density at radius 2 is 1.55 bits per heavy atom. The second kappa shape index (κ2) is 9.20. The van der Waals surface area contributed by atoms with Crippen molar-refractivity contribution in [2.24, 2.45) is 5.92 Å². The van der Waals surface area contributed by atoms with Gasteiger partial charge in [-0.15, -0.1) is 0 Å². The lowest BCUT2D eigenvalue weighted by Gasteiger charge is -2.18. The summed E-state index contributed by atoms with van der Waals surface area (Å²) in [5.74, 6) is -1.55. The largest absolute Gasteiger partial charge is 0.480 e.